The van der Waals surface area contributed by atoms with E-state index in [1.54, 1.807) is 12.1 Å². The fourth-order valence-corrected chi connectivity index (χ4v) is 1.18. The molecule has 1 heterocycles. The van der Waals surface area contributed by atoms with Gasteiger partial charge in [0.15, 0.2) is 11.5 Å². The lowest BCUT2D eigenvalue weighted by Crippen LogP contribution is -2.25. The van der Waals surface area contributed by atoms with E-state index in [1.807, 2.05) is 0 Å². The van der Waals surface area contributed by atoms with Crippen LogP contribution in [-0.2, 0) is 0 Å². The van der Waals surface area contributed by atoms with Gasteiger partial charge >= 0.3 is 6.29 Å². The van der Waals surface area contributed by atoms with Gasteiger partial charge in [0.25, 0.3) is 0 Å². The second-order valence-corrected chi connectivity index (χ2v) is 2.73. The summed E-state index contributed by atoms with van der Waals surface area (Å²) in [7, 11) is 0. The normalized spacial score (nSPS) is 17.6. The standard InChI is InChI=1S/C9H7F2NO2/c10-9(11)13-7-2-1-6(3-4-12)5-8(7)14-9/h1-5H,12H2/b4-3+. The van der Waals surface area contributed by atoms with E-state index in [1.165, 1.54) is 18.3 Å². The number of benzene rings is 1. The molecule has 3 nitrogen and oxygen atoms in total. The molecule has 2 rings (SSSR count). The van der Waals surface area contributed by atoms with E-state index in [0.29, 0.717) is 5.56 Å². The Hall–Kier alpha value is -1.78. The predicted octanol–water partition coefficient (Wildman–Crippen LogP) is 1.94. The van der Waals surface area contributed by atoms with Crippen LogP contribution >= 0.6 is 0 Å². The summed E-state index contributed by atoms with van der Waals surface area (Å²) in [5.41, 5.74) is 5.83. The summed E-state index contributed by atoms with van der Waals surface area (Å²) in [6.45, 7) is 0. The third-order valence-corrected chi connectivity index (χ3v) is 1.71. The third kappa shape index (κ3) is 1.48. The number of hydrogen-bond acceptors (Lipinski definition) is 3. The van der Waals surface area contributed by atoms with Gasteiger partial charge in [-0.25, -0.2) is 0 Å². The smallest absolute Gasteiger partial charge is 0.405 e. The van der Waals surface area contributed by atoms with Crippen LogP contribution in [-0.4, -0.2) is 6.29 Å². The van der Waals surface area contributed by atoms with Crippen molar-refractivity contribution in [1.82, 2.24) is 0 Å². The molecule has 2 N–H and O–H groups in total. The zero-order valence-corrected chi connectivity index (χ0v) is 7.04. The summed E-state index contributed by atoms with van der Waals surface area (Å²) in [6, 6.07) is 4.44. The number of fused-ring (bicyclic) bond motifs is 1. The lowest BCUT2D eigenvalue weighted by Gasteiger charge is -2.04. The molecule has 1 aliphatic heterocycles. The number of alkyl halides is 2. The van der Waals surface area contributed by atoms with Crippen molar-refractivity contribution in [3.63, 3.8) is 0 Å². The zero-order chi connectivity index (χ0) is 10.2. The molecule has 0 spiro atoms. The zero-order valence-electron chi connectivity index (χ0n) is 7.04. The highest BCUT2D eigenvalue weighted by atomic mass is 19.3. The minimum atomic E-state index is -3.56. The van der Waals surface area contributed by atoms with Crippen molar-refractivity contribution in [2.45, 2.75) is 6.29 Å². The molecule has 0 fully saturated rings. The Morgan fingerprint density at radius 3 is 2.64 bits per heavy atom. The quantitative estimate of drug-likeness (QED) is 0.751. The van der Waals surface area contributed by atoms with Crippen LogP contribution in [0.5, 0.6) is 11.5 Å². The van der Waals surface area contributed by atoms with Crippen LogP contribution in [0.15, 0.2) is 24.4 Å². The summed E-state index contributed by atoms with van der Waals surface area (Å²) in [5.74, 6) is 0.0507. The molecule has 0 aromatic heterocycles. The largest absolute Gasteiger partial charge is 0.586 e. The Bertz CT molecular complexity index is 390. The van der Waals surface area contributed by atoms with Crippen molar-refractivity contribution in [2.75, 3.05) is 0 Å². The lowest BCUT2D eigenvalue weighted by atomic mass is 10.2. The molecule has 0 unspecified atom stereocenters. The second kappa shape index (κ2) is 2.87. The highest BCUT2D eigenvalue weighted by Gasteiger charge is 2.43. The van der Waals surface area contributed by atoms with Crippen molar-refractivity contribution < 1.29 is 18.3 Å². The van der Waals surface area contributed by atoms with Gasteiger partial charge < -0.3 is 15.2 Å². The van der Waals surface area contributed by atoms with Crippen molar-refractivity contribution in [1.29, 1.82) is 0 Å². The van der Waals surface area contributed by atoms with E-state index in [2.05, 4.69) is 9.47 Å². The summed E-state index contributed by atoms with van der Waals surface area (Å²) in [6.07, 6.45) is -0.677. The molecule has 0 amide bonds. The topological polar surface area (TPSA) is 44.5 Å². The van der Waals surface area contributed by atoms with Crippen LogP contribution in [0.4, 0.5) is 8.78 Å². The van der Waals surface area contributed by atoms with E-state index in [4.69, 9.17) is 5.73 Å². The molecule has 0 saturated heterocycles. The van der Waals surface area contributed by atoms with E-state index >= 15 is 0 Å². The van der Waals surface area contributed by atoms with Gasteiger partial charge in [0.2, 0.25) is 0 Å². The number of nitrogens with two attached hydrogens (primary N) is 1. The average Bonchev–Trinajstić information content (AvgIpc) is 2.38. The van der Waals surface area contributed by atoms with Gasteiger partial charge in [-0.1, -0.05) is 6.07 Å². The fraction of sp³-hybridized carbons (Fsp3) is 0.111. The highest BCUT2D eigenvalue weighted by Crippen LogP contribution is 2.41. The first-order valence-electron chi connectivity index (χ1n) is 3.89. The van der Waals surface area contributed by atoms with Crippen LogP contribution < -0.4 is 15.2 Å². The fourth-order valence-electron chi connectivity index (χ4n) is 1.18. The molecule has 1 aromatic carbocycles. The molecular formula is C9H7F2NO2. The molecule has 0 saturated carbocycles. The minimum absolute atomic E-state index is 0.0191. The monoisotopic (exact) mass is 199 g/mol. The van der Waals surface area contributed by atoms with Gasteiger partial charge in [-0.15, -0.1) is 8.78 Å². The van der Waals surface area contributed by atoms with Crippen molar-refractivity contribution >= 4 is 6.08 Å². The minimum Gasteiger partial charge on any atom is -0.405 e. The van der Waals surface area contributed by atoms with Crippen molar-refractivity contribution in [2.24, 2.45) is 5.73 Å². The molecule has 1 aliphatic rings. The average molecular weight is 199 g/mol. The molecule has 14 heavy (non-hydrogen) atoms. The van der Waals surface area contributed by atoms with E-state index in [-0.39, 0.29) is 11.5 Å². The van der Waals surface area contributed by atoms with Gasteiger partial charge in [0.1, 0.15) is 0 Å². The maximum absolute atomic E-state index is 12.6. The van der Waals surface area contributed by atoms with Crippen LogP contribution in [0.2, 0.25) is 0 Å². The number of ether oxygens (including phenoxy) is 2. The number of hydrogen-bond donors (Lipinski definition) is 1. The molecular weight excluding hydrogens is 192 g/mol. The molecule has 5 heteroatoms. The molecule has 0 atom stereocenters. The Kier molecular flexibility index (Phi) is 1.80. The van der Waals surface area contributed by atoms with Gasteiger partial charge in [0, 0.05) is 0 Å². The van der Waals surface area contributed by atoms with Crippen LogP contribution in [0.1, 0.15) is 5.56 Å². The Labute approximate surface area is 78.7 Å². The first-order chi connectivity index (χ1) is 6.61. The van der Waals surface area contributed by atoms with Crippen LogP contribution in [0, 0.1) is 0 Å². The molecule has 1 aromatic rings. The third-order valence-electron chi connectivity index (χ3n) is 1.71. The predicted molar refractivity (Wildman–Crippen MR) is 45.9 cm³/mol. The van der Waals surface area contributed by atoms with Crippen molar-refractivity contribution in [3.05, 3.63) is 30.0 Å². The van der Waals surface area contributed by atoms with Gasteiger partial charge in [0.05, 0.1) is 0 Å². The number of rotatable bonds is 1. The maximum Gasteiger partial charge on any atom is 0.586 e. The van der Waals surface area contributed by atoms with E-state index in [0.717, 1.165) is 0 Å². The van der Waals surface area contributed by atoms with Crippen molar-refractivity contribution in [3.8, 4) is 11.5 Å². The molecule has 74 valence electrons. The Morgan fingerprint density at radius 2 is 1.93 bits per heavy atom. The maximum atomic E-state index is 12.6. The van der Waals surface area contributed by atoms with Gasteiger partial charge in [-0.05, 0) is 30.0 Å². The molecule has 0 radical (unpaired) electrons. The summed E-state index contributed by atoms with van der Waals surface area (Å²) >= 11 is 0. The van der Waals surface area contributed by atoms with E-state index in [9.17, 15) is 8.78 Å². The Balaban J connectivity index is 2.35. The molecule has 0 bridgehead atoms. The number of halogens is 2. The highest BCUT2D eigenvalue weighted by molar-refractivity contribution is 5.56. The lowest BCUT2D eigenvalue weighted by molar-refractivity contribution is -0.286. The van der Waals surface area contributed by atoms with Gasteiger partial charge in [-0.2, -0.15) is 0 Å². The summed E-state index contributed by atoms with van der Waals surface area (Å²) < 4.78 is 33.6. The van der Waals surface area contributed by atoms with Gasteiger partial charge in [-0.3, -0.25) is 0 Å². The SMILES string of the molecule is N/C=C/c1ccc2c(c1)OC(F)(F)O2. The summed E-state index contributed by atoms with van der Waals surface area (Å²) in [5, 5.41) is 0. The Morgan fingerprint density at radius 1 is 1.21 bits per heavy atom. The van der Waals surface area contributed by atoms with Crippen LogP contribution in [0.25, 0.3) is 6.08 Å². The molecule has 0 aliphatic carbocycles. The van der Waals surface area contributed by atoms with E-state index < -0.39 is 6.29 Å². The van der Waals surface area contributed by atoms with Crippen LogP contribution in [0.3, 0.4) is 0 Å². The summed E-state index contributed by atoms with van der Waals surface area (Å²) in [4.78, 5) is 0. The first-order valence-corrected chi connectivity index (χ1v) is 3.89. The first kappa shape index (κ1) is 8.80. The second-order valence-electron chi connectivity index (χ2n) is 2.73.